The zero-order valence-electron chi connectivity index (χ0n) is 16.0. The molecule has 1 aromatic rings. The summed E-state index contributed by atoms with van der Waals surface area (Å²) in [5.41, 5.74) is -1.14. The number of thioether (sulfide) groups is 1. The van der Waals surface area contributed by atoms with Crippen LogP contribution in [-0.4, -0.2) is 35.5 Å². The largest absolute Gasteiger partial charge is 0.465 e. The van der Waals surface area contributed by atoms with Crippen LogP contribution in [-0.2, 0) is 19.1 Å². The maximum absolute atomic E-state index is 13.2. The summed E-state index contributed by atoms with van der Waals surface area (Å²) >= 11 is 1.52. The average Bonchev–Trinajstić information content (AvgIpc) is 2.69. The highest BCUT2D eigenvalue weighted by Crippen LogP contribution is 2.57. The molecule has 1 heterocycles. The van der Waals surface area contributed by atoms with Gasteiger partial charge in [-0.2, -0.15) is 0 Å². The molecule has 1 saturated carbocycles. The molecule has 0 radical (unpaired) electrons. The predicted molar refractivity (Wildman–Crippen MR) is 103 cm³/mol. The molecule has 1 aliphatic carbocycles. The Bertz CT molecular complexity index is 665. The normalized spacial score (nSPS) is 24.7. The number of carbonyl (C=O) groups excluding carboxylic acids is 2. The van der Waals surface area contributed by atoms with Crippen LogP contribution < -0.4 is 0 Å². The van der Waals surface area contributed by atoms with Gasteiger partial charge in [0.25, 0.3) is 0 Å². The summed E-state index contributed by atoms with van der Waals surface area (Å²) in [6.07, 6.45) is 3.90. The van der Waals surface area contributed by atoms with Crippen molar-refractivity contribution in [2.24, 2.45) is 11.3 Å². The first-order valence-corrected chi connectivity index (χ1v) is 10.7. The molecule has 0 saturated heterocycles. The molecule has 2 atom stereocenters. The van der Waals surface area contributed by atoms with Crippen molar-refractivity contribution in [2.75, 3.05) is 13.2 Å². The molecule has 0 spiro atoms. The maximum atomic E-state index is 13.2. The molecule has 1 N–H and O–H groups in total. The summed E-state index contributed by atoms with van der Waals surface area (Å²) in [5.74, 6) is -1.19. The molecule has 2 unspecified atom stereocenters. The molecule has 27 heavy (non-hydrogen) atoms. The van der Waals surface area contributed by atoms with Crippen molar-refractivity contribution in [1.29, 1.82) is 0 Å². The minimum absolute atomic E-state index is 0.149. The molecule has 1 aromatic carbocycles. The average molecular weight is 393 g/mol. The SMILES string of the molecule is CCOC(=O)C1(C(=O)OCC)C(O)c2ccccc2SC1C1CCCCC1. The molecule has 3 rings (SSSR count). The summed E-state index contributed by atoms with van der Waals surface area (Å²) < 4.78 is 10.7. The van der Waals surface area contributed by atoms with Crippen molar-refractivity contribution in [1.82, 2.24) is 0 Å². The number of rotatable bonds is 5. The number of esters is 2. The van der Waals surface area contributed by atoms with Gasteiger partial charge in [0.15, 0.2) is 0 Å². The van der Waals surface area contributed by atoms with E-state index >= 15 is 0 Å². The van der Waals surface area contributed by atoms with E-state index in [9.17, 15) is 14.7 Å². The second kappa shape index (κ2) is 8.65. The van der Waals surface area contributed by atoms with E-state index in [1.807, 2.05) is 18.2 Å². The number of aliphatic hydroxyl groups excluding tert-OH is 1. The van der Waals surface area contributed by atoms with Gasteiger partial charge in [0.2, 0.25) is 5.41 Å². The number of ether oxygens (including phenoxy) is 2. The molecule has 0 amide bonds. The summed E-state index contributed by atoms with van der Waals surface area (Å²) in [4.78, 5) is 27.3. The number of fused-ring (bicyclic) bond motifs is 1. The van der Waals surface area contributed by atoms with Crippen LogP contribution in [0.2, 0.25) is 0 Å². The van der Waals surface area contributed by atoms with Gasteiger partial charge in [0, 0.05) is 10.1 Å². The molecule has 1 fully saturated rings. The van der Waals surface area contributed by atoms with Gasteiger partial charge < -0.3 is 14.6 Å². The zero-order valence-corrected chi connectivity index (χ0v) is 16.8. The van der Waals surface area contributed by atoms with Crippen LogP contribution in [0.4, 0.5) is 0 Å². The summed E-state index contributed by atoms with van der Waals surface area (Å²) in [7, 11) is 0. The lowest BCUT2D eigenvalue weighted by molar-refractivity contribution is -0.184. The number of aliphatic hydroxyl groups is 1. The van der Waals surface area contributed by atoms with Crippen molar-refractivity contribution in [3.8, 4) is 0 Å². The third kappa shape index (κ3) is 3.49. The summed E-state index contributed by atoms with van der Waals surface area (Å²) in [5, 5.41) is 10.9. The van der Waals surface area contributed by atoms with Gasteiger partial charge in [-0.05, 0) is 44.2 Å². The molecule has 1 aliphatic heterocycles. The number of benzene rings is 1. The lowest BCUT2D eigenvalue weighted by atomic mass is 9.68. The topological polar surface area (TPSA) is 72.8 Å². The van der Waals surface area contributed by atoms with E-state index in [1.165, 1.54) is 18.2 Å². The molecule has 0 aromatic heterocycles. The zero-order chi connectivity index (χ0) is 19.4. The van der Waals surface area contributed by atoms with Gasteiger partial charge in [-0.15, -0.1) is 11.8 Å². The van der Waals surface area contributed by atoms with Crippen molar-refractivity contribution < 1.29 is 24.2 Å². The Morgan fingerprint density at radius 3 is 2.26 bits per heavy atom. The van der Waals surface area contributed by atoms with Gasteiger partial charge in [-0.1, -0.05) is 37.5 Å². The van der Waals surface area contributed by atoms with E-state index in [1.54, 1.807) is 19.9 Å². The van der Waals surface area contributed by atoms with E-state index < -0.39 is 28.7 Å². The third-order valence-corrected chi connectivity index (χ3v) is 7.29. The first-order chi connectivity index (χ1) is 13.1. The van der Waals surface area contributed by atoms with Crippen molar-refractivity contribution in [2.45, 2.75) is 62.2 Å². The molecular weight excluding hydrogens is 364 g/mol. The van der Waals surface area contributed by atoms with Crippen molar-refractivity contribution in [3.05, 3.63) is 29.8 Å². The van der Waals surface area contributed by atoms with Gasteiger partial charge in [-0.3, -0.25) is 9.59 Å². The van der Waals surface area contributed by atoms with Crippen LogP contribution in [0.15, 0.2) is 29.2 Å². The fourth-order valence-electron chi connectivity index (χ4n) is 4.39. The minimum Gasteiger partial charge on any atom is -0.465 e. The van der Waals surface area contributed by atoms with E-state index in [0.717, 1.165) is 30.6 Å². The summed E-state index contributed by atoms with van der Waals surface area (Å²) in [6.45, 7) is 3.72. The molecule has 5 nitrogen and oxygen atoms in total. The Labute approximate surface area is 164 Å². The smallest absolute Gasteiger partial charge is 0.327 e. The van der Waals surface area contributed by atoms with Crippen LogP contribution in [0.3, 0.4) is 0 Å². The number of carbonyl (C=O) groups is 2. The van der Waals surface area contributed by atoms with Crippen molar-refractivity contribution >= 4 is 23.7 Å². The monoisotopic (exact) mass is 392 g/mol. The van der Waals surface area contributed by atoms with Gasteiger partial charge in [0.05, 0.1) is 13.2 Å². The lowest BCUT2D eigenvalue weighted by Crippen LogP contribution is -2.57. The number of hydrogen-bond acceptors (Lipinski definition) is 6. The van der Waals surface area contributed by atoms with Crippen LogP contribution >= 0.6 is 11.8 Å². The Morgan fingerprint density at radius 1 is 1.07 bits per heavy atom. The molecule has 2 aliphatic rings. The third-order valence-electron chi connectivity index (χ3n) is 5.65. The maximum Gasteiger partial charge on any atom is 0.327 e. The van der Waals surface area contributed by atoms with E-state index in [-0.39, 0.29) is 19.1 Å². The predicted octanol–water partition coefficient (Wildman–Crippen LogP) is 3.89. The second-order valence-electron chi connectivity index (χ2n) is 7.19. The fourth-order valence-corrected chi connectivity index (χ4v) is 6.11. The summed E-state index contributed by atoms with van der Waals surface area (Å²) in [6, 6.07) is 7.44. The van der Waals surface area contributed by atoms with Crippen molar-refractivity contribution in [3.63, 3.8) is 0 Å². The molecular formula is C21H28O5S. The van der Waals surface area contributed by atoms with E-state index in [0.29, 0.717) is 5.56 Å². The standard InChI is InChI=1S/C21H28O5S/c1-3-25-19(23)21(20(24)26-4-2)17(22)15-12-8-9-13-16(15)27-18(21)14-10-6-5-7-11-14/h8-9,12-14,17-18,22H,3-7,10-11H2,1-2H3. The van der Waals surface area contributed by atoms with E-state index in [2.05, 4.69) is 0 Å². The van der Waals surface area contributed by atoms with Crippen LogP contribution in [0.5, 0.6) is 0 Å². The van der Waals surface area contributed by atoms with Gasteiger partial charge in [0.1, 0.15) is 6.10 Å². The second-order valence-corrected chi connectivity index (χ2v) is 8.37. The number of hydrogen-bond donors (Lipinski definition) is 1. The minimum atomic E-state index is -1.73. The Hall–Kier alpha value is -1.53. The van der Waals surface area contributed by atoms with E-state index in [4.69, 9.17) is 9.47 Å². The first-order valence-electron chi connectivity index (χ1n) is 9.85. The lowest BCUT2D eigenvalue weighted by Gasteiger charge is -2.47. The Morgan fingerprint density at radius 2 is 1.67 bits per heavy atom. The molecule has 148 valence electrons. The Kier molecular flexibility index (Phi) is 6.48. The van der Waals surface area contributed by atoms with Gasteiger partial charge in [-0.25, -0.2) is 0 Å². The highest BCUT2D eigenvalue weighted by molar-refractivity contribution is 8.00. The highest BCUT2D eigenvalue weighted by Gasteiger charge is 2.64. The van der Waals surface area contributed by atoms with Crippen LogP contribution in [0.1, 0.15) is 57.6 Å². The van der Waals surface area contributed by atoms with Crippen LogP contribution in [0.25, 0.3) is 0 Å². The Balaban J connectivity index is 2.15. The quantitative estimate of drug-likeness (QED) is 0.605. The van der Waals surface area contributed by atoms with Crippen LogP contribution in [0, 0.1) is 11.3 Å². The first kappa shape index (κ1) is 20.2. The molecule has 0 bridgehead atoms. The highest BCUT2D eigenvalue weighted by atomic mass is 32.2. The molecule has 6 heteroatoms. The van der Waals surface area contributed by atoms with Gasteiger partial charge >= 0.3 is 11.9 Å². The fraction of sp³-hybridized carbons (Fsp3) is 0.619.